The predicted molar refractivity (Wildman–Crippen MR) is 163 cm³/mol. The Hall–Kier alpha value is -4.13. The van der Waals surface area contributed by atoms with Gasteiger partial charge in [0.25, 0.3) is 0 Å². The number of amides is 2. The van der Waals surface area contributed by atoms with E-state index < -0.39 is 44.1 Å². The molecule has 230 valence electrons. The molecule has 1 aliphatic heterocycles. The first-order valence-electron chi connectivity index (χ1n) is 13.4. The number of carboxylic acid groups (broad SMARTS) is 1. The number of anilines is 1. The predicted octanol–water partition coefficient (Wildman–Crippen LogP) is 1.83. The van der Waals surface area contributed by atoms with Gasteiger partial charge in [-0.15, -0.1) is 16.8 Å². The molecule has 2 aromatic rings. The summed E-state index contributed by atoms with van der Waals surface area (Å²) in [5.41, 5.74) is 6.53. The summed E-state index contributed by atoms with van der Waals surface area (Å²) in [7, 11) is -4.05. The van der Waals surface area contributed by atoms with E-state index in [-0.39, 0.29) is 29.6 Å². The van der Waals surface area contributed by atoms with Crippen molar-refractivity contribution in [1.29, 1.82) is 5.26 Å². The zero-order valence-electron chi connectivity index (χ0n) is 24.0. The van der Waals surface area contributed by atoms with E-state index >= 15 is 0 Å². The van der Waals surface area contributed by atoms with E-state index in [1.54, 1.807) is 69.4 Å². The van der Waals surface area contributed by atoms with Crippen molar-refractivity contribution in [3.05, 3.63) is 60.2 Å². The molecule has 2 amide bonds. The van der Waals surface area contributed by atoms with E-state index in [1.165, 1.54) is 23.9 Å². The highest BCUT2D eigenvalue weighted by Crippen LogP contribution is 2.46. The number of aliphatic imine (C=N–C) groups is 1. The van der Waals surface area contributed by atoms with Gasteiger partial charge in [-0.2, -0.15) is 9.57 Å². The lowest BCUT2D eigenvalue weighted by atomic mass is 10.0. The lowest BCUT2D eigenvalue weighted by Gasteiger charge is -2.31. The van der Waals surface area contributed by atoms with Crippen molar-refractivity contribution in [2.24, 2.45) is 10.7 Å². The number of nitrogens with zero attached hydrogens (tertiary/aromatic N) is 3. The van der Waals surface area contributed by atoms with E-state index in [9.17, 15) is 27.9 Å². The number of nitrogens with two attached hydrogens (primary N) is 1. The first-order valence-corrected chi connectivity index (χ1v) is 15.7. The van der Waals surface area contributed by atoms with Gasteiger partial charge in [0.05, 0.1) is 10.3 Å². The van der Waals surface area contributed by atoms with Crippen LogP contribution in [0.5, 0.6) is 0 Å². The molecule has 0 aliphatic carbocycles. The van der Waals surface area contributed by atoms with Gasteiger partial charge in [0.1, 0.15) is 12.1 Å². The summed E-state index contributed by atoms with van der Waals surface area (Å²) in [5.74, 6) is -2.24. The maximum atomic E-state index is 13.6. The van der Waals surface area contributed by atoms with Crippen LogP contribution < -0.4 is 21.7 Å². The number of carbonyl (C=O) groups excluding carboxylic acids is 2. The highest BCUT2D eigenvalue weighted by Gasteiger charge is 2.55. The van der Waals surface area contributed by atoms with Crippen LogP contribution in [0.1, 0.15) is 39.2 Å². The Morgan fingerprint density at radius 1 is 1.16 bits per heavy atom. The van der Waals surface area contributed by atoms with Crippen LogP contribution in [0.25, 0.3) is 0 Å². The van der Waals surface area contributed by atoms with Gasteiger partial charge in [-0.1, -0.05) is 30.3 Å². The van der Waals surface area contributed by atoms with Crippen LogP contribution in [0.4, 0.5) is 5.69 Å². The van der Waals surface area contributed by atoms with Crippen LogP contribution >= 0.6 is 11.8 Å². The molecule has 1 unspecified atom stereocenters. The lowest BCUT2D eigenvalue weighted by molar-refractivity contribution is -0.142. The molecule has 3 atom stereocenters. The summed E-state index contributed by atoms with van der Waals surface area (Å²) in [6.07, 6.45) is 2.13. The largest absolute Gasteiger partial charge is 0.480 e. The molecule has 0 aromatic heterocycles. The Morgan fingerprint density at radius 3 is 2.42 bits per heavy atom. The molecule has 1 aliphatic rings. The average molecular weight is 630 g/mol. The minimum absolute atomic E-state index is 0.0238. The second-order valence-corrected chi connectivity index (χ2v) is 14.2. The molecule has 13 nitrogen and oxygen atoms in total. The van der Waals surface area contributed by atoms with Crippen molar-refractivity contribution < 1.29 is 27.9 Å². The van der Waals surface area contributed by atoms with Crippen LogP contribution in [0, 0.1) is 11.5 Å². The van der Waals surface area contributed by atoms with E-state index in [2.05, 4.69) is 20.9 Å². The number of guanidine groups is 1. The fraction of sp³-hybridized carbons (Fsp3) is 0.393. The van der Waals surface area contributed by atoms with Crippen LogP contribution in [-0.4, -0.2) is 70.3 Å². The number of aliphatic carboxylic acids is 1. The number of benzene rings is 2. The molecule has 15 heteroatoms. The average Bonchev–Trinajstić information content (AvgIpc) is 3.20. The number of nitrogens with one attached hydrogen (secondary N) is 3. The van der Waals surface area contributed by atoms with E-state index in [1.807, 2.05) is 0 Å². The highest BCUT2D eigenvalue weighted by molar-refractivity contribution is 8.02. The molecule has 0 bridgehead atoms. The maximum absolute atomic E-state index is 13.6. The SMILES string of the molecule is CC1SC(C)(C)[C@@H](C(=O)N[C@@H](Cc2ccc(NC(=O)CCCN/C(N)=N/C#N)cc2)C(=O)O)N1S(=O)(=O)c1ccccc1. The smallest absolute Gasteiger partial charge is 0.326 e. The lowest BCUT2D eigenvalue weighted by Crippen LogP contribution is -2.57. The molecule has 43 heavy (non-hydrogen) atoms. The molecule has 6 N–H and O–H groups in total. The van der Waals surface area contributed by atoms with Crippen molar-refractivity contribution in [3.63, 3.8) is 0 Å². The zero-order valence-corrected chi connectivity index (χ0v) is 25.6. The fourth-order valence-corrected chi connectivity index (χ4v) is 8.51. The number of rotatable bonds is 12. The first-order chi connectivity index (χ1) is 20.3. The standard InChI is InChI=1S/C28H35N7O6S2/c1-18-35(43(40,41)21-8-5-4-6-9-21)24(28(2,3)42-18)25(37)34-22(26(38)39)16-19-11-13-20(14-12-19)33-23(36)10-7-15-31-27(30)32-17-29/h4-6,8-9,11-14,18,22,24H,7,10,15-16H2,1-3H3,(H,33,36)(H,34,37)(H,38,39)(H3,30,31,32)/t18?,22-,24+/m0/s1. The Morgan fingerprint density at radius 2 is 1.81 bits per heavy atom. The van der Waals surface area contributed by atoms with Crippen molar-refractivity contribution in [1.82, 2.24) is 14.9 Å². The van der Waals surface area contributed by atoms with Crippen molar-refractivity contribution in [2.45, 2.75) is 67.1 Å². The van der Waals surface area contributed by atoms with Crippen LogP contribution in [0.3, 0.4) is 0 Å². The summed E-state index contributed by atoms with van der Waals surface area (Å²) in [6.45, 7) is 5.58. The maximum Gasteiger partial charge on any atom is 0.326 e. The minimum Gasteiger partial charge on any atom is -0.480 e. The number of thioether (sulfide) groups is 1. The molecule has 0 saturated carbocycles. The first kappa shape index (κ1) is 33.4. The summed E-state index contributed by atoms with van der Waals surface area (Å²) < 4.78 is 27.4. The number of nitriles is 1. The Bertz CT molecular complexity index is 1490. The van der Waals surface area contributed by atoms with Gasteiger partial charge in [-0.25, -0.2) is 13.2 Å². The van der Waals surface area contributed by atoms with Crippen LogP contribution in [0.2, 0.25) is 0 Å². The summed E-state index contributed by atoms with van der Waals surface area (Å²) in [5, 5.41) is 25.8. The monoisotopic (exact) mass is 629 g/mol. The quantitative estimate of drug-likeness (QED) is 0.0996. The summed E-state index contributed by atoms with van der Waals surface area (Å²) in [6, 6.07) is 11.9. The van der Waals surface area contributed by atoms with E-state index in [0.717, 1.165) is 4.31 Å². The number of hydrogen-bond acceptors (Lipinski definition) is 8. The molecule has 2 aromatic carbocycles. The molecular weight excluding hydrogens is 594 g/mol. The van der Waals surface area contributed by atoms with Gasteiger partial charge in [0.2, 0.25) is 34.0 Å². The van der Waals surface area contributed by atoms with Gasteiger partial charge in [-0.3, -0.25) is 9.59 Å². The molecular formula is C28H35N7O6S2. The molecule has 3 rings (SSSR count). The van der Waals surface area contributed by atoms with Crippen molar-refractivity contribution in [2.75, 3.05) is 11.9 Å². The summed E-state index contributed by atoms with van der Waals surface area (Å²) in [4.78, 5) is 41.3. The Balaban J connectivity index is 1.66. The summed E-state index contributed by atoms with van der Waals surface area (Å²) >= 11 is 1.32. The third kappa shape index (κ3) is 8.69. The number of hydrogen-bond donors (Lipinski definition) is 5. The van der Waals surface area contributed by atoms with Gasteiger partial charge in [0.15, 0.2) is 0 Å². The molecule has 1 heterocycles. The second-order valence-electron chi connectivity index (χ2n) is 10.3. The normalized spacial score (nSPS) is 19.2. The highest BCUT2D eigenvalue weighted by atomic mass is 32.2. The van der Waals surface area contributed by atoms with Crippen molar-refractivity contribution >= 4 is 51.2 Å². The number of sulfonamides is 1. The molecule has 0 radical (unpaired) electrons. The Kier molecular flexibility index (Phi) is 11.1. The Labute approximate surface area is 255 Å². The van der Waals surface area contributed by atoms with Gasteiger partial charge in [-0.05, 0) is 57.0 Å². The number of carboxylic acids is 1. The van der Waals surface area contributed by atoms with Crippen LogP contribution in [0.15, 0.2) is 64.5 Å². The van der Waals surface area contributed by atoms with Gasteiger partial charge < -0.3 is 26.8 Å². The van der Waals surface area contributed by atoms with Gasteiger partial charge in [0, 0.05) is 29.8 Å². The second kappa shape index (κ2) is 14.4. The van der Waals surface area contributed by atoms with Crippen LogP contribution in [-0.2, 0) is 30.8 Å². The number of carbonyl (C=O) groups is 3. The van der Waals surface area contributed by atoms with E-state index in [0.29, 0.717) is 24.2 Å². The topological polar surface area (TPSA) is 207 Å². The molecule has 1 saturated heterocycles. The van der Waals surface area contributed by atoms with Crippen molar-refractivity contribution in [3.8, 4) is 6.19 Å². The van der Waals surface area contributed by atoms with E-state index in [4.69, 9.17) is 11.0 Å². The molecule has 1 fully saturated rings. The zero-order chi connectivity index (χ0) is 31.8. The fourth-order valence-electron chi connectivity index (χ4n) is 4.74. The minimum atomic E-state index is -4.05. The van der Waals surface area contributed by atoms with Gasteiger partial charge >= 0.3 is 5.97 Å². The third-order valence-electron chi connectivity index (χ3n) is 6.66. The third-order valence-corrected chi connectivity index (χ3v) is 10.1. The molecule has 0 spiro atoms.